The molecule has 0 aromatic heterocycles. The summed E-state index contributed by atoms with van der Waals surface area (Å²) in [5, 5.41) is 3.57. The van der Waals surface area contributed by atoms with Crippen molar-refractivity contribution in [2.75, 3.05) is 32.2 Å². The summed E-state index contributed by atoms with van der Waals surface area (Å²) in [4.78, 5) is 0. The third-order valence-corrected chi connectivity index (χ3v) is 4.18. The topological polar surface area (TPSA) is 21.3 Å². The molecule has 1 aromatic rings. The fourth-order valence-electron chi connectivity index (χ4n) is 2.41. The molecule has 0 saturated carbocycles. The Kier molecular flexibility index (Phi) is 9.60. The Labute approximate surface area is 128 Å². The number of nitrogens with one attached hydrogen (secondary N) is 1. The van der Waals surface area contributed by atoms with E-state index in [9.17, 15) is 0 Å². The van der Waals surface area contributed by atoms with Crippen LogP contribution in [0.4, 0.5) is 0 Å². The van der Waals surface area contributed by atoms with Gasteiger partial charge >= 0.3 is 0 Å². The molecular formula is C17H29NOS. The van der Waals surface area contributed by atoms with Gasteiger partial charge in [-0.25, -0.2) is 0 Å². The van der Waals surface area contributed by atoms with Crippen LogP contribution in [0.3, 0.4) is 0 Å². The van der Waals surface area contributed by atoms with E-state index in [4.69, 9.17) is 4.74 Å². The SMILES string of the molecule is CCCNCC(CCCSC)Cc1cccc(OC)c1. The molecule has 0 aliphatic heterocycles. The standard InChI is InChI=1S/C17H29NOS/c1-4-10-18-14-16(8-6-11-20-3)12-15-7-5-9-17(13-15)19-2/h5,7,9,13,16,18H,4,6,8,10-12,14H2,1-3H3. The minimum Gasteiger partial charge on any atom is -0.497 e. The van der Waals surface area contributed by atoms with Crippen LogP contribution in [0.5, 0.6) is 5.75 Å². The quantitative estimate of drug-likeness (QED) is 0.624. The van der Waals surface area contributed by atoms with Crippen LogP contribution in [-0.2, 0) is 6.42 Å². The van der Waals surface area contributed by atoms with Gasteiger partial charge in [0.25, 0.3) is 0 Å². The predicted molar refractivity (Wildman–Crippen MR) is 91.0 cm³/mol. The maximum atomic E-state index is 5.31. The highest BCUT2D eigenvalue weighted by Crippen LogP contribution is 2.19. The Balaban J connectivity index is 2.51. The number of hydrogen-bond acceptors (Lipinski definition) is 3. The first-order valence-corrected chi connectivity index (χ1v) is 9.02. The molecule has 1 atom stereocenters. The van der Waals surface area contributed by atoms with E-state index in [-0.39, 0.29) is 0 Å². The number of ether oxygens (including phenoxy) is 1. The summed E-state index contributed by atoms with van der Waals surface area (Å²) in [6.07, 6.45) is 7.14. The van der Waals surface area contributed by atoms with Crippen LogP contribution in [0.1, 0.15) is 31.7 Å². The van der Waals surface area contributed by atoms with Crippen LogP contribution >= 0.6 is 11.8 Å². The highest BCUT2D eigenvalue weighted by molar-refractivity contribution is 7.98. The lowest BCUT2D eigenvalue weighted by atomic mass is 9.95. The molecule has 0 amide bonds. The van der Waals surface area contributed by atoms with E-state index in [0.29, 0.717) is 0 Å². The molecule has 0 fully saturated rings. The minimum absolute atomic E-state index is 0.723. The monoisotopic (exact) mass is 295 g/mol. The van der Waals surface area contributed by atoms with E-state index in [1.165, 1.54) is 30.6 Å². The summed E-state index contributed by atoms with van der Waals surface area (Å²) < 4.78 is 5.31. The molecule has 20 heavy (non-hydrogen) atoms. The second-order valence-electron chi connectivity index (χ2n) is 5.26. The highest BCUT2D eigenvalue weighted by atomic mass is 32.2. The van der Waals surface area contributed by atoms with Gasteiger partial charge in [0.05, 0.1) is 7.11 Å². The lowest BCUT2D eigenvalue weighted by Crippen LogP contribution is -2.25. The van der Waals surface area contributed by atoms with Gasteiger partial charge in [0, 0.05) is 0 Å². The maximum absolute atomic E-state index is 5.31. The molecule has 0 aliphatic rings. The molecule has 1 aromatic carbocycles. The second kappa shape index (κ2) is 11.0. The van der Waals surface area contributed by atoms with Gasteiger partial charge in [-0.2, -0.15) is 11.8 Å². The van der Waals surface area contributed by atoms with Crippen LogP contribution < -0.4 is 10.1 Å². The second-order valence-corrected chi connectivity index (χ2v) is 6.25. The van der Waals surface area contributed by atoms with Gasteiger partial charge in [0.2, 0.25) is 0 Å². The first kappa shape index (κ1) is 17.4. The van der Waals surface area contributed by atoms with Crippen molar-refractivity contribution < 1.29 is 4.74 Å². The molecule has 0 heterocycles. The zero-order valence-corrected chi connectivity index (χ0v) is 14.0. The first-order valence-electron chi connectivity index (χ1n) is 7.62. The van der Waals surface area contributed by atoms with Crippen molar-refractivity contribution in [3.63, 3.8) is 0 Å². The highest BCUT2D eigenvalue weighted by Gasteiger charge is 2.10. The third kappa shape index (κ3) is 7.20. The number of thioether (sulfide) groups is 1. The van der Waals surface area contributed by atoms with E-state index in [1.807, 2.05) is 17.8 Å². The summed E-state index contributed by atoms with van der Waals surface area (Å²) in [5.74, 6) is 2.95. The Bertz CT molecular complexity index is 347. The molecule has 0 radical (unpaired) electrons. The number of benzene rings is 1. The average Bonchev–Trinajstić information content (AvgIpc) is 2.47. The van der Waals surface area contributed by atoms with Gasteiger partial charge in [-0.1, -0.05) is 19.1 Å². The van der Waals surface area contributed by atoms with Crippen LogP contribution in [0.2, 0.25) is 0 Å². The zero-order valence-electron chi connectivity index (χ0n) is 13.2. The normalized spacial score (nSPS) is 12.3. The van der Waals surface area contributed by atoms with Gasteiger partial charge in [-0.3, -0.25) is 0 Å². The Morgan fingerprint density at radius 1 is 1.35 bits per heavy atom. The van der Waals surface area contributed by atoms with Crippen LogP contribution in [0, 0.1) is 5.92 Å². The number of hydrogen-bond donors (Lipinski definition) is 1. The van der Waals surface area contributed by atoms with E-state index < -0.39 is 0 Å². The zero-order chi connectivity index (χ0) is 14.6. The molecule has 2 nitrogen and oxygen atoms in total. The number of rotatable bonds is 11. The maximum Gasteiger partial charge on any atom is 0.119 e. The molecule has 0 bridgehead atoms. The summed E-state index contributed by atoms with van der Waals surface area (Å²) in [5.41, 5.74) is 1.39. The minimum atomic E-state index is 0.723. The molecular weight excluding hydrogens is 266 g/mol. The summed E-state index contributed by atoms with van der Waals surface area (Å²) in [6.45, 7) is 4.47. The summed E-state index contributed by atoms with van der Waals surface area (Å²) in [6, 6.07) is 8.49. The Morgan fingerprint density at radius 3 is 2.90 bits per heavy atom. The van der Waals surface area contributed by atoms with Gasteiger partial charge in [0.15, 0.2) is 0 Å². The Morgan fingerprint density at radius 2 is 2.20 bits per heavy atom. The summed E-state index contributed by atoms with van der Waals surface area (Å²) >= 11 is 1.94. The van der Waals surface area contributed by atoms with Crippen molar-refractivity contribution in [3.8, 4) is 5.75 Å². The van der Waals surface area contributed by atoms with E-state index in [0.717, 1.165) is 31.2 Å². The van der Waals surface area contributed by atoms with Crippen LogP contribution in [0.15, 0.2) is 24.3 Å². The van der Waals surface area contributed by atoms with Crippen LogP contribution in [-0.4, -0.2) is 32.2 Å². The van der Waals surface area contributed by atoms with Gasteiger partial charge in [-0.15, -0.1) is 0 Å². The van der Waals surface area contributed by atoms with Crippen LogP contribution in [0.25, 0.3) is 0 Å². The Hall–Kier alpha value is -0.670. The van der Waals surface area contributed by atoms with Crippen molar-refractivity contribution in [1.29, 1.82) is 0 Å². The van der Waals surface area contributed by atoms with E-state index in [1.54, 1.807) is 7.11 Å². The fraction of sp³-hybridized carbons (Fsp3) is 0.647. The molecule has 0 aliphatic carbocycles. The van der Waals surface area contributed by atoms with Gasteiger partial charge in [-0.05, 0) is 74.4 Å². The molecule has 1 rings (SSSR count). The van der Waals surface area contributed by atoms with Crippen molar-refractivity contribution in [2.24, 2.45) is 5.92 Å². The van der Waals surface area contributed by atoms with Crippen molar-refractivity contribution >= 4 is 11.8 Å². The fourth-order valence-corrected chi connectivity index (χ4v) is 2.86. The average molecular weight is 295 g/mol. The van der Waals surface area contributed by atoms with Crippen molar-refractivity contribution in [3.05, 3.63) is 29.8 Å². The first-order chi connectivity index (χ1) is 9.80. The van der Waals surface area contributed by atoms with E-state index in [2.05, 4.69) is 36.7 Å². The third-order valence-electron chi connectivity index (χ3n) is 3.48. The van der Waals surface area contributed by atoms with Crippen molar-refractivity contribution in [2.45, 2.75) is 32.6 Å². The van der Waals surface area contributed by atoms with Gasteiger partial charge < -0.3 is 10.1 Å². The molecule has 1 N–H and O–H groups in total. The molecule has 3 heteroatoms. The van der Waals surface area contributed by atoms with Crippen molar-refractivity contribution in [1.82, 2.24) is 5.32 Å². The lowest BCUT2D eigenvalue weighted by molar-refractivity contribution is 0.411. The molecule has 114 valence electrons. The number of methoxy groups -OCH3 is 1. The predicted octanol–water partition coefficient (Wildman–Crippen LogP) is 4.00. The molecule has 0 spiro atoms. The lowest BCUT2D eigenvalue weighted by Gasteiger charge is -2.18. The van der Waals surface area contributed by atoms with Gasteiger partial charge in [0.1, 0.15) is 5.75 Å². The molecule has 0 saturated heterocycles. The summed E-state index contributed by atoms with van der Waals surface area (Å²) in [7, 11) is 1.73. The van der Waals surface area contributed by atoms with E-state index >= 15 is 0 Å². The largest absolute Gasteiger partial charge is 0.497 e. The molecule has 1 unspecified atom stereocenters. The smallest absolute Gasteiger partial charge is 0.119 e.